The molecule has 1 amide bonds. The largest absolute Gasteiger partial charge is 0.483 e. The molecule has 6 heteroatoms. The fourth-order valence-corrected chi connectivity index (χ4v) is 2.14. The number of benzene rings is 1. The van der Waals surface area contributed by atoms with Gasteiger partial charge in [-0.2, -0.15) is 0 Å². The van der Waals surface area contributed by atoms with E-state index in [1.54, 1.807) is 12.1 Å². The monoisotopic (exact) mass is 269 g/mol. The Labute approximate surface area is 110 Å². The number of halogens is 1. The van der Waals surface area contributed by atoms with Gasteiger partial charge in [0, 0.05) is 13.1 Å². The van der Waals surface area contributed by atoms with Crippen molar-refractivity contribution in [2.45, 2.75) is 18.8 Å². The van der Waals surface area contributed by atoms with Gasteiger partial charge in [-0.3, -0.25) is 4.79 Å². The first kappa shape index (κ1) is 14.9. The normalized spacial score (nSPS) is 15.3. The van der Waals surface area contributed by atoms with Crippen molar-refractivity contribution in [1.29, 1.82) is 0 Å². The number of hydrogen-bond acceptors (Lipinski definition) is 2. The van der Waals surface area contributed by atoms with Crippen molar-refractivity contribution in [2.75, 3.05) is 13.1 Å². The summed E-state index contributed by atoms with van der Waals surface area (Å²) in [5.41, 5.74) is 1.10. The molecule has 2 N–H and O–H groups in total. The van der Waals surface area contributed by atoms with Crippen LogP contribution in [0.25, 0.3) is 0 Å². The molecule has 104 valence electrons. The second kappa shape index (κ2) is 7.35. The molecule has 1 heterocycles. The van der Waals surface area contributed by atoms with E-state index in [9.17, 15) is 9.18 Å². The average molecular weight is 269 g/mol. The van der Waals surface area contributed by atoms with Crippen LogP contribution in [0.1, 0.15) is 24.3 Å². The Hall–Kier alpha value is -2.11. The Morgan fingerprint density at radius 1 is 1.26 bits per heavy atom. The van der Waals surface area contributed by atoms with Crippen molar-refractivity contribution in [3.63, 3.8) is 0 Å². The number of nitrogens with zero attached hydrogens (tertiary/aromatic N) is 1. The first-order chi connectivity index (χ1) is 9.08. The number of carboxylic acid groups (broad SMARTS) is 2. The van der Waals surface area contributed by atoms with Gasteiger partial charge >= 0.3 is 6.09 Å². The van der Waals surface area contributed by atoms with Gasteiger partial charge in [-0.15, -0.1) is 0 Å². The summed E-state index contributed by atoms with van der Waals surface area (Å²) in [5.74, 6) is 0.128. The lowest BCUT2D eigenvalue weighted by molar-refractivity contribution is -0.122. The van der Waals surface area contributed by atoms with Crippen LogP contribution in [0, 0.1) is 5.82 Å². The molecule has 0 bridgehead atoms. The van der Waals surface area contributed by atoms with E-state index in [0.717, 1.165) is 18.4 Å². The molecular formula is C13H16FNO4. The van der Waals surface area contributed by atoms with Gasteiger partial charge in [-0.25, -0.2) is 9.18 Å². The van der Waals surface area contributed by atoms with Gasteiger partial charge in [-0.1, -0.05) is 12.1 Å². The maximum Gasteiger partial charge on any atom is 0.407 e. The fraction of sp³-hybridized carbons (Fsp3) is 0.385. The molecule has 1 saturated heterocycles. The van der Waals surface area contributed by atoms with Gasteiger partial charge in [0.2, 0.25) is 0 Å². The van der Waals surface area contributed by atoms with Crippen molar-refractivity contribution in [1.82, 2.24) is 4.90 Å². The van der Waals surface area contributed by atoms with Crippen LogP contribution in [0.3, 0.4) is 0 Å². The van der Waals surface area contributed by atoms with Crippen molar-refractivity contribution >= 4 is 12.6 Å². The number of carbonyl (C=O) groups is 2. The summed E-state index contributed by atoms with van der Waals surface area (Å²) in [6.07, 6.45) is 0.785. The van der Waals surface area contributed by atoms with Gasteiger partial charge in [0.1, 0.15) is 5.82 Å². The number of hydrogen-bond donors (Lipinski definition) is 2. The van der Waals surface area contributed by atoms with Gasteiger partial charge in [-0.05, 0) is 36.5 Å². The molecule has 0 saturated carbocycles. The zero-order chi connectivity index (χ0) is 14.3. The summed E-state index contributed by atoms with van der Waals surface area (Å²) in [4.78, 5) is 20.5. The Bertz CT molecular complexity index is 413. The number of piperidine rings is 1. The highest BCUT2D eigenvalue weighted by Gasteiger charge is 2.23. The molecule has 19 heavy (non-hydrogen) atoms. The molecule has 0 aromatic heterocycles. The van der Waals surface area contributed by atoms with E-state index in [2.05, 4.69) is 0 Å². The van der Waals surface area contributed by atoms with Crippen LogP contribution < -0.4 is 0 Å². The van der Waals surface area contributed by atoms with Gasteiger partial charge < -0.3 is 15.1 Å². The van der Waals surface area contributed by atoms with Crippen LogP contribution in [0.4, 0.5) is 9.18 Å². The van der Waals surface area contributed by atoms with E-state index < -0.39 is 6.09 Å². The lowest BCUT2D eigenvalue weighted by Gasteiger charge is -2.30. The summed E-state index contributed by atoms with van der Waals surface area (Å²) in [6, 6.07) is 6.49. The molecule has 1 aliphatic heterocycles. The highest BCUT2D eigenvalue weighted by Crippen LogP contribution is 2.27. The molecule has 1 fully saturated rings. The fourth-order valence-electron chi connectivity index (χ4n) is 2.14. The number of amides is 1. The summed E-state index contributed by atoms with van der Waals surface area (Å²) < 4.78 is 12.7. The summed E-state index contributed by atoms with van der Waals surface area (Å²) in [5, 5.41) is 15.7. The zero-order valence-electron chi connectivity index (χ0n) is 10.3. The van der Waals surface area contributed by atoms with E-state index in [4.69, 9.17) is 15.0 Å². The minimum atomic E-state index is -0.849. The first-order valence-corrected chi connectivity index (χ1v) is 5.89. The van der Waals surface area contributed by atoms with Crippen LogP contribution in [0.15, 0.2) is 24.3 Å². The lowest BCUT2D eigenvalue weighted by Crippen LogP contribution is -2.36. The van der Waals surface area contributed by atoms with Crippen molar-refractivity contribution < 1.29 is 24.2 Å². The molecule has 5 nitrogen and oxygen atoms in total. The van der Waals surface area contributed by atoms with E-state index in [-0.39, 0.29) is 12.3 Å². The van der Waals surface area contributed by atoms with E-state index in [0.29, 0.717) is 19.0 Å². The van der Waals surface area contributed by atoms with Crippen LogP contribution in [0.5, 0.6) is 0 Å². The van der Waals surface area contributed by atoms with Crippen LogP contribution in [-0.2, 0) is 4.79 Å². The van der Waals surface area contributed by atoms with E-state index >= 15 is 0 Å². The standard InChI is InChI=1S/C12H14FNO2.CH2O2/c13-11-3-1-9(2-4-11)10-5-7-14(8-6-10)12(15)16;2-1-3/h1-4,10H,5-8H2,(H,15,16);1H,(H,2,3). The summed E-state index contributed by atoms with van der Waals surface area (Å²) in [6.45, 7) is 0.884. The summed E-state index contributed by atoms with van der Waals surface area (Å²) >= 11 is 0. The van der Waals surface area contributed by atoms with E-state index in [1.165, 1.54) is 17.0 Å². The summed E-state index contributed by atoms with van der Waals surface area (Å²) in [7, 11) is 0. The van der Waals surface area contributed by atoms with Gasteiger partial charge in [0.05, 0.1) is 0 Å². The topological polar surface area (TPSA) is 77.8 Å². The second-order valence-corrected chi connectivity index (χ2v) is 4.20. The second-order valence-electron chi connectivity index (χ2n) is 4.20. The Morgan fingerprint density at radius 3 is 2.16 bits per heavy atom. The number of rotatable bonds is 1. The van der Waals surface area contributed by atoms with Crippen LogP contribution >= 0.6 is 0 Å². The highest BCUT2D eigenvalue weighted by molar-refractivity contribution is 5.65. The Balaban J connectivity index is 0.000000550. The third-order valence-electron chi connectivity index (χ3n) is 3.11. The maximum absolute atomic E-state index is 12.7. The zero-order valence-corrected chi connectivity index (χ0v) is 10.3. The molecule has 0 aliphatic carbocycles. The van der Waals surface area contributed by atoms with Gasteiger partial charge in [0.25, 0.3) is 6.47 Å². The Kier molecular flexibility index (Phi) is 5.78. The van der Waals surface area contributed by atoms with Crippen LogP contribution in [0.2, 0.25) is 0 Å². The lowest BCUT2D eigenvalue weighted by atomic mass is 9.90. The maximum atomic E-state index is 12.7. The molecule has 2 rings (SSSR count). The molecule has 1 aromatic carbocycles. The van der Waals surface area contributed by atoms with Crippen LogP contribution in [-0.4, -0.2) is 40.8 Å². The van der Waals surface area contributed by atoms with E-state index in [1.807, 2.05) is 0 Å². The minimum absolute atomic E-state index is 0.230. The smallest absolute Gasteiger partial charge is 0.407 e. The van der Waals surface area contributed by atoms with Crippen molar-refractivity contribution in [3.8, 4) is 0 Å². The molecule has 0 radical (unpaired) electrons. The molecule has 0 unspecified atom stereocenters. The average Bonchev–Trinajstić information content (AvgIpc) is 2.41. The number of likely N-dealkylation sites (tertiary alicyclic amines) is 1. The Morgan fingerprint density at radius 2 is 1.74 bits per heavy atom. The SMILES string of the molecule is O=C(O)N1CCC(c2ccc(F)cc2)CC1.O=CO. The third kappa shape index (κ3) is 4.57. The molecule has 1 aliphatic rings. The molecular weight excluding hydrogens is 253 g/mol. The first-order valence-electron chi connectivity index (χ1n) is 5.89. The van der Waals surface area contributed by atoms with Crippen molar-refractivity contribution in [2.24, 2.45) is 0 Å². The third-order valence-corrected chi connectivity index (χ3v) is 3.11. The minimum Gasteiger partial charge on any atom is -0.483 e. The quantitative estimate of drug-likeness (QED) is 0.767. The molecule has 1 aromatic rings. The van der Waals surface area contributed by atoms with Crippen molar-refractivity contribution in [3.05, 3.63) is 35.6 Å². The molecule has 0 atom stereocenters. The predicted molar refractivity (Wildman–Crippen MR) is 66.7 cm³/mol. The predicted octanol–water partition coefficient (Wildman–Crippen LogP) is 2.38. The highest BCUT2D eigenvalue weighted by atomic mass is 19.1. The van der Waals surface area contributed by atoms with Gasteiger partial charge in [0.15, 0.2) is 0 Å². The molecule has 0 spiro atoms.